The maximum atomic E-state index is 12.5. The summed E-state index contributed by atoms with van der Waals surface area (Å²) in [6.07, 6.45) is 1.75. The van der Waals surface area contributed by atoms with Crippen LogP contribution in [0, 0.1) is 5.41 Å². The largest absolute Gasteiger partial charge is 0.481 e. The smallest absolute Gasteiger partial charge is 0.305 e. The molecular weight excluding hydrogens is 336 g/mol. The Morgan fingerprint density at radius 3 is 2.38 bits per heavy atom. The van der Waals surface area contributed by atoms with Gasteiger partial charge in [-0.05, 0) is 41.3 Å². The molecule has 0 aromatic carbocycles. The maximum absolute atomic E-state index is 12.5. The number of amides is 1. The molecule has 1 heterocycles. The third-order valence-corrected chi connectivity index (χ3v) is 3.77. The van der Waals surface area contributed by atoms with Gasteiger partial charge in [-0.25, -0.2) is 0 Å². The van der Waals surface area contributed by atoms with Crippen LogP contribution in [0.3, 0.4) is 0 Å². The van der Waals surface area contributed by atoms with Gasteiger partial charge in [-0.1, -0.05) is 20.8 Å². The monoisotopic (exact) mass is 358 g/mol. The number of carbonyl (C=O) groups is 2. The van der Waals surface area contributed by atoms with Crippen molar-refractivity contribution in [3.63, 3.8) is 0 Å². The predicted molar refractivity (Wildman–Crippen MR) is 85.5 cm³/mol. The second-order valence-electron chi connectivity index (χ2n) is 6.53. The summed E-state index contributed by atoms with van der Waals surface area (Å²) in [7, 11) is 0. The van der Waals surface area contributed by atoms with Crippen LogP contribution in [0.4, 0.5) is 0 Å². The van der Waals surface area contributed by atoms with Crippen LogP contribution in [0.2, 0.25) is 0 Å². The van der Waals surface area contributed by atoms with Gasteiger partial charge in [0.1, 0.15) is 5.69 Å². The summed E-state index contributed by atoms with van der Waals surface area (Å²) in [6.45, 7) is 9.72. The van der Waals surface area contributed by atoms with Crippen molar-refractivity contribution in [3.05, 3.63) is 22.4 Å². The first-order valence-corrected chi connectivity index (χ1v) is 7.71. The molecule has 2 N–H and O–H groups in total. The average Bonchev–Trinajstić information content (AvgIpc) is 2.68. The molecule has 0 bridgehead atoms. The van der Waals surface area contributed by atoms with Crippen LogP contribution in [0.5, 0.6) is 0 Å². The number of hydrogen-bond acceptors (Lipinski definition) is 2. The van der Waals surface area contributed by atoms with Crippen molar-refractivity contribution in [1.82, 2.24) is 9.88 Å². The minimum Gasteiger partial charge on any atom is -0.481 e. The van der Waals surface area contributed by atoms with Crippen LogP contribution in [-0.4, -0.2) is 27.6 Å². The van der Waals surface area contributed by atoms with E-state index in [1.54, 1.807) is 6.07 Å². The highest BCUT2D eigenvalue weighted by Crippen LogP contribution is 2.24. The van der Waals surface area contributed by atoms with Gasteiger partial charge in [0, 0.05) is 22.8 Å². The van der Waals surface area contributed by atoms with Crippen LogP contribution >= 0.6 is 15.9 Å². The van der Waals surface area contributed by atoms with Crippen LogP contribution in [-0.2, 0) is 4.79 Å². The summed E-state index contributed by atoms with van der Waals surface area (Å²) in [4.78, 5) is 23.5. The summed E-state index contributed by atoms with van der Waals surface area (Å²) in [5.74, 6) is -1.17. The molecule has 0 saturated carbocycles. The number of hydrogen-bond donors (Lipinski definition) is 2. The number of halogens is 1. The number of aromatic nitrogens is 1. The van der Waals surface area contributed by atoms with E-state index in [1.165, 1.54) is 0 Å². The summed E-state index contributed by atoms with van der Waals surface area (Å²) in [5.41, 5.74) is 0.192. The molecule has 6 heteroatoms. The molecular formula is C15H23BrN2O3. The van der Waals surface area contributed by atoms with E-state index in [1.807, 2.05) is 45.4 Å². The highest BCUT2D eigenvalue weighted by Gasteiger charge is 2.29. The van der Waals surface area contributed by atoms with E-state index < -0.39 is 12.0 Å². The fraction of sp³-hybridized carbons (Fsp3) is 0.600. The lowest BCUT2D eigenvalue weighted by Gasteiger charge is -2.30. The number of nitrogens with zero attached hydrogens (tertiary/aromatic N) is 1. The number of aliphatic carboxylic acids is 1. The molecule has 1 amide bonds. The lowest BCUT2D eigenvalue weighted by Crippen LogP contribution is -2.45. The van der Waals surface area contributed by atoms with Crippen molar-refractivity contribution >= 4 is 27.8 Å². The van der Waals surface area contributed by atoms with E-state index in [0.29, 0.717) is 5.69 Å². The molecule has 0 radical (unpaired) electrons. The van der Waals surface area contributed by atoms with Crippen LogP contribution in [0.25, 0.3) is 0 Å². The summed E-state index contributed by atoms with van der Waals surface area (Å²) in [6, 6.07) is 1.46. The topological polar surface area (TPSA) is 71.3 Å². The molecule has 5 nitrogen and oxygen atoms in total. The fourth-order valence-electron chi connectivity index (χ4n) is 2.04. The van der Waals surface area contributed by atoms with Crippen molar-refractivity contribution in [2.24, 2.45) is 5.41 Å². The molecule has 0 saturated heterocycles. The average molecular weight is 359 g/mol. The Bertz CT molecular complexity index is 530. The molecule has 21 heavy (non-hydrogen) atoms. The molecule has 1 rings (SSSR count). The summed E-state index contributed by atoms with van der Waals surface area (Å²) >= 11 is 3.37. The number of carboxylic acid groups (broad SMARTS) is 1. The first-order valence-electron chi connectivity index (χ1n) is 6.92. The van der Waals surface area contributed by atoms with Gasteiger partial charge in [-0.2, -0.15) is 0 Å². The zero-order valence-electron chi connectivity index (χ0n) is 13.1. The van der Waals surface area contributed by atoms with E-state index >= 15 is 0 Å². The third-order valence-electron chi connectivity index (χ3n) is 3.33. The number of rotatable bonds is 5. The lowest BCUT2D eigenvalue weighted by molar-refractivity contribution is -0.138. The Morgan fingerprint density at radius 1 is 1.38 bits per heavy atom. The maximum Gasteiger partial charge on any atom is 0.305 e. The zero-order chi connectivity index (χ0) is 16.4. The van der Waals surface area contributed by atoms with E-state index in [-0.39, 0.29) is 23.8 Å². The van der Waals surface area contributed by atoms with Gasteiger partial charge in [-0.15, -0.1) is 0 Å². The van der Waals surface area contributed by atoms with E-state index in [0.717, 1.165) is 4.47 Å². The van der Waals surface area contributed by atoms with E-state index in [2.05, 4.69) is 21.2 Å². The normalized spacial score (nSPS) is 13.3. The third kappa shape index (κ3) is 4.88. The molecule has 118 valence electrons. The van der Waals surface area contributed by atoms with Crippen LogP contribution in [0.15, 0.2) is 16.7 Å². The standard InChI is InChI=1S/C15H23BrN2O3/c1-9(2)18-8-10(16)6-11(18)14(21)17-12(7-13(19)20)15(3,4)5/h6,8-9,12H,7H2,1-5H3,(H,17,21)(H,19,20). The van der Waals surface area contributed by atoms with Crippen molar-refractivity contribution in [1.29, 1.82) is 0 Å². The molecule has 1 unspecified atom stereocenters. The van der Waals surface area contributed by atoms with Gasteiger partial charge in [0.2, 0.25) is 0 Å². The zero-order valence-corrected chi connectivity index (χ0v) is 14.7. The van der Waals surface area contributed by atoms with Gasteiger partial charge in [0.15, 0.2) is 0 Å². The predicted octanol–water partition coefficient (Wildman–Crippen LogP) is 3.45. The van der Waals surface area contributed by atoms with Crippen molar-refractivity contribution < 1.29 is 14.7 Å². The summed E-state index contributed by atoms with van der Waals surface area (Å²) in [5, 5.41) is 11.9. The Hall–Kier alpha value is -1.30. The molecule has 1 aromatic heterocycles. The first kappa shape index (κ1) is 17.8. The minimum absolute atomic E-state index is 0.0984. The molecule has 1 atom stereocenters. The SMILES string of the molecule is CC(C)n1cc(Br)cc1C(=O)NC(CC(=O)O)C(C)(C)C. The molecule has 0 spiro atoms. The van der Waals surface area contributed by atoms with Gasteiger partial charge >= 0.3 is 5.97 Å². The Kier molecular flexibility index (Phi) is 5.61. The first-order chi connectivity index (χ1) is 9.52. The molecule has 0 aliphatic carbocycles. The second-order valence-corrected chi connectivity index (χ2v) is 7.45. The van der Waals surface area contributed by atoms with Crippen LogP contribution < -0.4 is 5.32 Å². The highest BCUT2D eigenvalue weighted by atomic mass is 79.9. The van der Waals surface area contributed by atoms with E-state index in [4.69, 9.17) is 5.11 Å². The Morgan fingerprint density at radius 2 is 1.95 bits per heavy atom. The number of nitrogens with one attached hydrogen (secondary N) is 1. The van der Waals surface area contributed by atoms with Crippen molar-refractivity contribution in [3.8, 4) is 0 Å². The van der Waals surface area contributed by atoms with Gasteiger partial charge in [-0.3, -0.25) is 9.59 Å². The second kappa shape index (κ2) is 6.64. The molecule has 1 aromatic rings. The van der Waals surface area contributed by atoms with Gasteiger partial charge in [0.25, 0.3) is 5.91 Å². The van der Waals surface area contributed by atoms with E-state index in [9.17, 15) is 9.59 Å². The Labute approximate surface area is 133 Å². The number of carbonyl (C=O) groups excluding carboxylic acids is 1. The minimum atomic E-state index is -0.921. The quantitative estimate of drug-likeness (QED) is 0.846. The fourth-order valence-corrected chi connectivity index (χ4v) is 2.47. The van der Waals surface area contributed by atoms with Crippen LogP contribution in [0.1, 0.15) is 57.6 Å². The van der Waals surface area contributed by atoms with Crippen molar-refractivity contribution in [2.75, 3.05) is 0 Å². The highest BCUT2D eigenvalue weighted by molar-refractivity contribution is 9.10. The lowest BCUT2D eigenvalue weighted by atomic mass is 9.84. The molecule has 0 aliphatic rings. The Balaban J connectivity index is 3.00. The van der Waals surface area contributed by atoms with Crippen molar-refractivity contribution in [2.45, 2.75) is 53.1 Å². The number of carboxylic acids is 1. The molecule has 0 fully saturated rings. The molecule has 0 aliphatic heterocycles. The van der Waals surface area contributed by atoms with Gasteiger partial charge < -0.3 is 15.0 Å². The summed E-state index contributed by atoms with van der Waals surface area (Å²) < 4.78 is 2.69. The van der Waals surface area contributed by atoms with Gasteiger partial charge in [0.05, 0.1) is 6.42 Å².